The first-order chi connectivity index (χ1) is 7.52. The van der Waals surface area contributed by atoms with Crippen LogP contribution in [0, 0.1) is 5.92 Å². The van der Waals surface area contributed by atoms with E-state index < -0.39 is 23.2 Å². The van der Waals surface area contributed by atoms with Crippen LogP contribution in [0.3, 0.4) is 0 Å². The van der Waals surface area contributed by atoms with E-state index in [-0.39, 0.29) is 0 Å². The van der Waals surface area contributed by atoms with E-state index in [0.29, 0.717) is 0 Å². The van der Waals surface area contributed by atoms with Crippen molar-refractivity contribution in [3.63, 3.8) is 0 Å². The molecule has 0 spiro atoms. The van der Waals surface area contributed by atoms with Gasteiger partial charge in [0.15, 0.2) is 0 Å². The summed E-state index contributed by atoms with van der Waals surface area (Å²) in [6.07, 6.45) is 5.91. The van der Waals surface area contributed by atoms with Gasteiger partial charge in [0.1, 0.15) is 0 Å². The van der Waals surface area contributed by atoms with Crippen LogP contribution in [-0.2, 0) is 23.2 Å². The summed E-state index contributed by atoms with van der Waals surface area (Å²) >= 11 is -0.458. The Morgan fingerprint density at radius 3 is 2.44 bits per heavy atom. The summed E-state index contributed by atoms with van der Waals surface area (Å²) in [6, 6.07) is 0. The van der Waals surface area contributed by atoms with Crippen LogP contribution < -0.4 is 0 Å². The van der Waals surface area contributed by atoms with Crippen molar-refractivity contribution in [1.82, 2.24) is 0 Å². The normalized spacial score (nSPS) is 25.4. The summed E-state index contributed by atoms with van der Waals surface area (Å²) in [4.78, 5) is 0. The first-order valence-electron chi connectivity index (χ1n) is 6.04. The van der Waals surface area contributed by atoms with Crippen molar-refractivity contribution < 1.29 is 23.2 Å². The first kappa shape index (κ1) is 12.5. The standard InChI is InChI=1S/C8H13Si.C6H7.Zr/c1-5-4-8(9)7(3)6(5)2;1-6-4-2-3-5-6;/h5H,1-3,9H3;2,4H,3H2,1H3;. The molecule has 16 heavy (non-hydrogen) atoms. The minimum atomic E-state index is -0.458. The SMILES string of the molecule is CC1=[C]([Zr][C]2=C([SiH3])C(C)=C(C)C2C)CC=C1. The van der Waals surface area contributed by atoms with E-state index in [9.17, 15) is 0 Å². The molecule has 2 aliphatic rings. The van der Waals surface area contributed by atoms with Crippen LogP contribution in [0.15, 0.2) is 40.6 Å². The Bertz CT molecular complexity index is 449. The summed E-state index contributed by atoms with van der Waals surface area (Å²) in [5.74, 6) is 0.764. The minimum absolute atomic E-state index is 0.458. The molecule has 0 aromatic carbocycles. The van der Waals surface area contributed by atoms with Crippen molar-refractivity contribution in [2.24, 2.45) is 5.92 Å². The molecule has 2 heteroatoms. The molecule has 0 bridgehead atoms. The van der Waals surface area contributed by atoms with Crippen molar-refractivity contribution >= 4 is 10.2 Å². The maximum absolute atomic E-state index is 2.41. The molecule has 0 radical (unpaired) electrons. The molecule has 2 rings (SSSR count). The average molecular weight is 308 g/mol. The fourth-order valence-corrected chi connectivity index (χ4v) is 8.08. The van der Waals surface area contributed by atoms with Crippen molar-refractivity contribution in [3.8, 4) is 0 Å². The van der Waals surface area contributed by atoms with Crippen LogP contribution in [0.25, 0.3) is 0 Å². The Morgan fingerprint density at radius 1 is 1.31 bits per heavy atom. The molecule has 0 amide bonds. The number of hydrogen-bond acceptors (Lipinski definition) is 0. The van der Waals surface area contributed by atoms with Gasteiger partial charge in [-0.25, -0.2) is 0 Å². The fraction of sp³-hybridized carbons (Fsp3) is 0.429. The summed E-state index contributed by atoms with van der Waals surface area (Å²) < 4.78 is 3.68. The van der Waals surface area contributed by atoms with Gasteiger partial charge in [-0.15, -0.1) is 0 Å². The van der Waals surface area contributed by atoms with Gasteiger partial charge in [0, 0.05) is 0 Å². The molecule has 1 atom stereocenters. The number of hydrogen-bond donors (Lipinski definition) is 0. The molecule has 2 aliphatic carbocycles. The van der Waals surface area contributed by atoms with E-state index >= 15 is 0 Å². The van der Waals surface area contributed by atoms with E-state index in [1.807, 2.05) is 3.28 Å². The summed E-state index contributed by atoms with van der Waals surface area (Å²) in [5.41, 5.74) is 4.84. The maximum atomic E-state index is 2.41. The Kier molecular flexibility index (Phi) is 3.71. The van der Waals surface area contributed by atoms with Crippen LogP contribution in [0.4, 0.5) is 0 Å². The van der Waals surface area contributed by atoms with Gasteiger partial charge in [-0.05, 0) is 0 Å². The monoisotopic (exact) mass is 306 g/mol. The van der Waals surface area contributed by atoms with Crippen molar-refractivity contribution in [2.45, 2.75) is 34.1 Å². The topological polar surface area (TPSA) is 0 Å². The van der Waals surface area contributed by atoms with Crippen LogP contribution in [0.2, 0.25) is 0 Å². The molecule has 0 aliphatic heterocycles. The Labute approximate surface area is 114 Å². The van der Waals surface area contributed by atoms with Crippen LogP contribution in [-0.4, -0.2) is 10.2 Å². The molecular formula is C14H20SiZr. The predicted octanol–water partition coefficient (Wildman–Crippen LogP) is 2.87. The van der Waals surface area contributed by atoms with Gasteiger partial charge in [0.05, 0.1) is 0 Å². The van der Waals surface area contributed by atoms with Gasteiger partial charge < -0.3 is 0 Å². The van der Waals surface area contributed by atoms with Gasteiger partial charge in [0.2, 0.25) is 0 Å². The Morgan fingerprint density at radius 2 is 2.00 bits per heavy atom. The fourth-order valence-electron chi connectivity index (χ4n) is 2.49. The van der Waals surface area contributed by atoms with E-state index in [1.165, 1.54) is 16.7 Å². The molecule has 0 saturated heterocycles. The summed E-state index contributed by atoms with van der Waals surface area (Å²) in [6.45, 7) is 9.37. The van der Waals surface area contributed by atoms with Crippen LogP contribution in [0.1, 0.15) is 34.1 Å². The molecular weight excluding hydrogens is 287 g/mol. The third-order valence-corrected chi connectivity index (χ3v) is 11.5. The third kappa shape index (κ3) is 2.07. The Hall–Kier alpha value is 0.0600. The van der Waals surface area contributed by atoms with Gasteiger partial charge in [-0.3, -0.25) is 0 Å². The molecule has 84 valence electrons. The average Bonchev–Trinajstić information content (AvgIpc) is 2.73. The first-order valence-corrected chi connectivity index (χ1v) is 9.50. The molecule has 0 N–H and O–H groups in total. The van der Waals surface area contributed by atoms with Crippen molar-refractivity contribution in [3.05, 3.63) is 40.6 Å². The molecule has 0 aromatic heterocycles. The molecule has 0 nitrogen and oxygen atoms in total. The van der Waals surface area contributed by atoms with Gasteiger partial charge >= 0.3 is 114 Å². The zero-order chi connectivity index (χ0) is 11.9. The molecule has 0 heterocycles. The van der Waals surface area contributed by atoms with Crippen LogP contribution >= 0.6 is 0 Å². The van der Waals surface area contributed by atoms with E-state index in [1.54, 1.807) is 25.2 Å². The van der Waals surface area contributed by atoms with E-state index in [0.717, 1.165) is 5.92 Å². The zero-order valence-electron chi connectivity index (χ0n) is 10.9. The summed E-state index contributed by atoms with van der Waals surface area (Å²) in [5, 5.41) is 1.75. The summed E-state index contributed by atoms with van der Waals surface area (Å²) in [7, 11) is 1.24. The molecule has 0 saturated carbocycles. The van der Waals surface area contributed by atoms with Gasteiger partial charge in [0.25, 0.3) is 0 Å². The van der Waals surface area contributed by atoms with Crippen molar-refractivity contribution in [1.29, 1.82) is 0 Å². The second kappa shape index (κ2) is 4.74. The molecule has 0 fully saturated rings. The van der Waals surface area contributed by atoms with Gasteiger partial charge in [-0.1, -0.05) is 0 Å². The quantitative estimate of drug-likeness (QED) is 0.688. The van der Waals surface area contributed by atoms with E-state index in [2.05, 4.69) is 39.8 Å². The third-order valence-electron chi connectivity index (χ3n) is 4.09. The number of allylic oxidation sites excluding steroid dienone is 8. The Balaban J connectivity index is 2.23. The predicted molar refractivity (Wildman–Crippen MR) is 71.0 cm³/mol. The van der Waals surface area contributed by atoms with Gasteiger partial charge in [-0.2, -0.15) is 0 Å². The molecule has 0 aromatic rings. The van der Waals surface area contributed by atoms with E-state index in [4.69, 9.17) is 0 Å². The second-order valence-corrected chi connectivity index (χ2v) is 9.38. The number of rotatable bonds is 2. The van der Waals surface area contributed by atoms with Crippen LogP contribution in [0.5, 0.6) is 0 Å². The van der Waals surface area contributed by atoms with Crippen molar-refractivity contribution in [2.75, 3.05) is 0 Å². The zero-order valence-corrected chi connectivity index (χ0v) is 15.4. The second-order valence-electron chi connectivity index (χ2n) is 4.96. The molecule has 1 unspecified atom stereocenters.